The fourth-order valence-corrected chi connectivity index (χ4v) is 2.09. The van der Waals surface area contributed by atoms with Crippen molar-refractivity contribution in [2.75, 3.05) is 0 Å². The summed E-state index contributed by atoms with van der Waals surface area (Å²) in [6, 6.07) is 5.25. The van der Waals surface area contributed by atoms with Gasteiger partial charge in [0.25, 0.3) is 11.5 Å². The third-order valence-corrected chi connectivity index (χ3v) is 3.16. The second-order valence-corrected chi connectivity index (χ2v) is 4.61. The van der Waals surface area contributed by atoms with Crippen LogP contribution in [-0.4, -0.2) is 15.9 Å². The molecule has 104 valence electrons. The van der Waals surface area contributed by atoms with Crippen molar-refractivity contribution in [3.8, 4) is 11.1 Å². The molecule has 5 nitrogen and oxygen atoms in total. The average Bonchev–Trinajstić information content (AvgIpc) is 2.45. The molecule has 2 rings (SSSR count). The van der Waals surface area contributed by atoms with Crippen LogP contribution in [0.3, 0.4) is 0 Å². The Morgan fingerprint density at radius 3 is 2.65 bits per heavy atom. The zero-order valence-corrected chi connectivity index (χ0v) is 11.3. The summed E-state index contributed by atoms with van der Waals surface area (Å²) in [7, 11) is 0. The highest BCUT2D eigenvalue weighted by molar-refractivity contribution is 5.93. The third-order valence-electron chi connectivity index (χ3n) is 3.16. The molecule has 3 N–H and O–H groups in total. The van der Waals surface area contributed by atoms with E-state index in [1.54, 1.807) is 18.5 Å². The van der Waals surface area contributed by atoms with Gasteiger partial charge < -0.3 is 10.7 Å². The van der Waals surface area contributed by atoms with Gasteiger partial charge in [-0.15, -0.1) is 0 Å². The van der Waals surface area contributed by atoms with Crippen molar-refractivity contribution in [2.45, 2.75) is 26.2 Å². The number of carbonyl (C=O) groups excluding carboxylic acids is 1. The summed E-state index contributed by atoms with van der Waals surface area (Å²) in [5.74, 6) is -0.719. The lowest BCUT2D eigenvalue weighted by Gasteiger charge is -2.10. The van der Waals surface area contributed by atoms with Crippen LogP contribution in [0.25, 0.3) is 11.1 Å². The van der Waals surface area contributed by atoms with Gasteiger partial charge in [-0.1, -0.05) is 13.3 Å². The van der Waals surface area contributed by atoms with E-state index in [0.29, 0.717) is 0 Å². The van der Waals surface area contributed by atoms with E-state index in [0.717, 1.165) is 36.1 Å². The van der Waals surface area contributed by atoms with Gasteiger partial charge in [-0.25, -0.2) is 0 Å². The molecule has 0 saturated heterocycles. The lowest BCUT2D eigenvalue weighted by atomic mass is 10.00. The fourth-order valence-electron chi connectivity index (χ4n) is 2.09. The van der Waals surface area contributed by atoms with Crippen molar-refractivity contribution >= 4 is 5.91 Å². The summed E-state index contributed by atoms with van der Waals surface area (Å²) in [6.07, 6.45) is 6.09. The Morgan fingerprint density at radius 2 is 2.05 bits per heavy atom. The van der Waals surface area contributed by atoms with Crippen molar-refractivity contribution in [3.63, 3.8) is 0 Å². The van der Waals surface area contributed by atoms with E-state index in [4.69, 9.17) is 5.73 Å². The number of aryl methyl sites for hydroxylation is 1. The van der Waals surface area contributed by atoms with Crippen LogP contribution in [0.4, 0.5) is 0 Å². The lowest BCUT2D eigenvalue weighted by Crippen LogP contribution is -2.24. The molecule has 0 radical (unpaired) electrons. The molecule has 2 heterocycles. The number of nitrogens with one attached hydrogen (secondary N) is 1. The highest BCUT2D eigenvalue weighted by Gasteiger charge is 2.13. The van der Waals surface area contributed by atoms with Crippen LogP contribution in [-0.2, 0) is 6.42 Å². The van der Waals surface area contributed by atoms with E-state index >= 15 is 0 Å². The number of rotatable bonds is 5. The largest absolute Gasteiger partial charge is 0.365 e. The first-order chi connectivity index (χ1) is 9.63. The van der Waals surface area contributed by atoms with Crippen molar-refractivity contribution in [3.05, 3.63) is 52.2 Å². The topological polar surface area (TPSA) is 88.8 Å². The zero-order chi connectivity index (χ0) is 14.5. The van der Waals surface area contributed by atoms with Crippen molar-refractivity contribution in [1.82, 2.24) is 9.97 Å². The number of aromatic nitrogens is 2. The highest BCUT2D eigenvalue weighted by atomic mass is 16.2. The Kier molecular flexibility index (Phi) is 4.30. The fraction of sp³-hybridized carbons (Fsp3) is 0.267. The molecule has 0 aliphatic heterocycles. The van der Waals surface area contributed by atoms with Gasteiger partial charge in [0.1, 0.15) is 5.56 Å². The number of unbranched alkanes of at least 4 members (excludes halogenated alkanes) is 1. The average molecular weight is 271 g/mol. The van der Waals surface area contributed by atoms with Crippen molar-refractivity contribution in [2.24, 2.45) is 5.73 Å². The number of nitrogens with two attached hydrogens (primary N) is 1. The molecule has 2 aromatic heterocycles. The molecule has 0 atom stereocenters. The minimum atomic E-state index is -0.719. The molecule has 0 spiro atoms. The minimum absolute atomic E-state index is 0.0166. The minimum Gasteiger partial charge on any atom is -0.365 e. The monoisotopic (exact) mass is 271 g/mol. The molecule has 0 aliphatic carbocycles. The van der Waals surface area contributed by atoms with Crippen LogP contribution >= 0.6 is 0 Å². The van der Waals surface area contributed by atoms with E-state index in [-0.39, 0.29) is 5.56 Å². The van der Waals surface area contributed by atoms with Crippen LogP contribution < -0.4 is 11.3 Å². The standard InChI is InChI=1S/C15H17N3O2/c1-2-3-4-13-11(10-5-7-17-8-6-10)9-12(14(16)19)15(20)18-13/h5-9H,2-4H2,1H3,(H2,16,19)(H,18,20). The Labute approximate surface area is 116 Å². The summed E-state index contributed by atoms with van der Waals surface area (Å²) in [5, 5.41) is 0. The van der Waals surface area contributed by atoms with Crippen molar-refractivity contribution < 1.29 is 4.79 Å². The molecule has 2 aromatic rings. The van der Waals surface area contributed by atoms with Gasteiger partial charge in [-0.3, -0.25) is 14.6 Å². The number of amides is 1. The quantitative estimate of drug-likeness (QED) is 0.870. The number of hydrogen-bond donors (Lipinski definition) is 2. The maximum absolute atomic E-state index is 11.9. The summed E-state index contributed by atoms with van der Waals surface area (Å²) in [5.41, 5.74) is 7.36. The predicted octanol–water partition coefficient (Wildman–Crippen LogP) is 1.88. The molecule has 0 fully saturated rings. The summed E-state index contributed by atoms with van der Waals surface area (Å²) in [6.45, 7) is 2.09. The van der Waals surface area contributed by atoms with Gasteiger partial charge >= 0.3 is 0 Å². The summed E-state index contributed by atoms with van der Waals surface area (Å²) in [4.78, 5) is 29.9. The van der Waals surface area contributed by atoms with Gasteiger partial charge in [0.05, 0.1) is 0 Å². The van der Waals surface area contributed by atoms with E-state index in [2.05, 4.69) is 16.9 Å². The van der Waals surface area contributed by atoms with E-state index in [9.17, 15) is 9.59 Å². The Morgan fingerprint density at radius 1 is 1.35 bits per heavy atom. The van der Waals surface area contributed by atoms with E-state index in [1.807, 2.05) is 12.1 Å². The Balaban J connectivity index is 2.59. The Hall–Kier alpha value is -2.43. The number of aromatic amines is 1. The lowest BCUT2D eigenvalue weighted by molar-refractivity contribution is 0.0999. The van der Waals surface area contributed by atoms with E-state index < -0.39 is 11.5 Å². The van der Waals surface area contributed by atoms with Gasteiger partial charge in [0, 0.05) is 23.7 Å². The van der Waals surface area contributed by atoms with Crippen LogP contribution in [0.15, 0.2) is 35.4 Å². The summed E-state index contributed by atoms with van der Waals surface area (Å²) >= 11 is 0. The predicted molar refractivity (Wildman–Crippen MR) is 77.4 cm³/mol. The molecule has 20 heavy (non-hydrogen) atoms. The van der Waals surface area contributed by atoms with Gasteiger partial charge in [0.2, 0.25) is 0 Å². The Bertz CT molecular complexity index is 663. The number of carbonyl (C=O) groups is 1. The molecule has 0 saturated carbocycles. The van der Waals surface area contributed by atoms with Crippen LogP contribution in [0, 0.1) is 0 Å². The number of hydrogen-bond acceptors (Lipinski definition) is 3. The molecule has 0 bridgehead atoms. The number of nitrogens with zero attached hydrogens (tertiary/aromatic N) is 1. The van der Waals surface area contributed by atoms with Crippen LogP contribution in [0.2, 0.25) is 0 Å². The molecular weight excluding hydrogens is 254 g/mol. The number of primary amides is 1. The molecule has 0 aromatic carbocycles. The highest BCUT2D eigenvalue weighted by Crippen LogP contribution is 2.23. The van der Waals surface area contributed by atoms with Gasteiger partial charge in [-0.2, -0.15) is 0 Å². The third kappa shape index (κ3) is 2.93. The first kappa shape index (κ1) is 14.0. The van der Waals surface area contributed by atoms with Crippen LogP contribution in [0.1, 0.15) is 35.8 Å². The second-order valence-electron chi connectivity index (χ2n) is 4.61. The molecule has 0 aliphatic rings. The maximum Gasteiger partial charge on any atom is 0.261 e. The molecular formula is C15H17N3O2. The number of pyridine rings is 2. The molecule has 0 unspecified atom stereocenters. The first-order valence-electron chi connectivity index (χ1n) is 6.60. The van der Waals surface area contributed by atoms with Crippen LogP contribution in [0.5, 0.6) is 0 Å². The SMILES string of the molecule is CCCCc1[nH]c(=O)c(C(N)=O)cc1-c1ccncc1. The second kappa shape index (κ2) is 6.14. The van der Waals surface area contributed by atoms with E-state index in [1.165, 1.54) is 0 Å². The van der Waals surface area contributed by atoms with Crippen molar-refractivity contribution in [1.29, 1.82) is 0 Å². The van der Waals surface area contributed by atoms with Gasteiger partial charge in [0.15, 0.2) is 0 Å². The molecule has 5 heteroatoms. The first-order valence-corrected chi connectivity index (χ1v) is 6.60. The zero-order valence-electron chi connectivity index (χ0n) is 11.3. The number of H-pyrrole nitrogens is 1. The normalized spacial score (nSPS) is 10.4. The maximum atomic E-state index is 11.9. The van der Waals surface area contributed by atoms with Gasteiger partial charge in [-0.05, 0) is 36.6 Å². The summed E-state index contributed by atoms with van der Waals surface area (Å²) < 4.78 is 0. The smallest absolute Gasteiger partial charge is 0.261 e. The molecule has 1 amide bonds.